The van der Waals surface area contributed by atoms with Crippen molar-refractivity contribution in [1.29, 1.82) is 0 Å². The molecule has 0 unspecified atom stereocenters. The maximum atomic E-state index is 9.41. The molecule has 11 heavy (non-hydrogen) atoms. The molecule has 0 fully saturated rings. The molecule has 2 N–H and O–H groups in total. The van der Waals surface area contributed by atoms with Crippen molar-refractivity contribution in [3.05, 3.63) is 12.2 Å². The van der Waals surface area contributed by atoms with Crippen molar-refractivity contribution in [1.82, 2.24) is 0 Å². The summed E-state index contributed by atoms with van der Waals surface area (Å²) in [5, 5.41) is 17.8. The molecule has 0 rings (SSSR count). The average molecular weight is 160 g/mol. The summed E-state index contributed by atoms with van der Waals surface area (Å²) in [5.41, 5.74) is 0.619. The molecule has 0 aromatic rings. The first-order valence-corrected chi connectivity index (χ1v) is 3.64. The fraction of sp³-hybridized carbons (Fsp3) is 0.750. The van der Waals surface area contributed by atoms with E-state index in [9.17, 15) is 5.11 Å². The Morgan fingerprint density at radius 3 is 2.00 bits per heavy atom. The second-order valence-electron chi connectivity index (χ2n) is 3.11. The second-order valence-corrected chi connectivity index (χ2v) is 3.11. The van der Waals surface area contributed by atoms with Gasteiger partial charge < -0.3 is 5.11 Å². The van der Waals surface area contributed by atoms with Gasteiger partial charge in [-0.1, -0.05) is 20.4 Å². The van der Waals surface area contributed by atoms with Crippen molar-refractivity contribution >= 4 is 0 Å². The van der Waals surface area contributed by atoms with Gasteiger partial charge in [-0.3, -0.25) is 5.26 Å². The van der Waals surface area contributed by atoms with Crippen LogP contribution in [0.15, 0.2) is 12.2 Å². The lowest BCUT2D eigenvalue weighted by molar-refractivity contribution is -0.289. The Kier molecular flexibility index (Phi) is 4.33. The van der Waals surface area contributed by atoms with Crippen LogP contribution in [0.2, 0.25) is 0 Å². The summed E-state index contributed by atoms with van der Waals surface area (Å²) in [6.45, 7) is 8.98. The predicted molar refractivity (Wildman–Crippen MR) is 43.2 cm³/mol. The number of rotatable bonds is 4. The lowest BCUT2D eigenvalue weighted by Gasteiger charge is -2.22. The summed E-state index contributed by atoms with van der Waals surface area (Å²) in [6, 6.07) is 0. The van der Waals surface area contributed by atoms with Crippen LogP contribution >= 0.6 is 0 Å². The Hall–Kier alpha value is -0.380. The molecule has 3 heteroatoms. The monoisotopic (exact) mass is 160 g/mol. The van der Waals surface area contributed by atoms with Gasteiger partial charge in [-0.2, -0.15) is 0 Å². The van der Waals surface area contributed by atoms with Crippen LogP contribution in [0.3, 0.4) is 0 Å². The summed E-state index contributed by atoms with van der Waals surface area (Å²) < 4.78 is 0. The van der Waals surface area contributed by atoms with Crippen molar-refractivity contribution in [3.8, 4) is 0 Å². The first-order valence-electron chi connectivity index (χ1n) is 3.64. The molecule has 66 valence electrons. The van der Waals surface area contributed by atoms with E-state index in [2.05, 4.69) is 11.5 Å². The number of hydrogen-bond donors (Lipinski definition) is 2. The molecule has 0 saturated heterocycles. The largest absolute Gasteiger partial charge is 0.390 e. The Morgan fingerprint density at radius 2 is 1.91 bits per heavy atom. The van der Waals surface area contributed by atoms with E-state index < -0.39 is 12.2 Å². The quantitative estimate of drug-likeness (QED) is 0.371. The Morgan fingerprint density at radius 1 is 1.45 bits per heavy atom. The third-order valence-corrected chi connectivity index (χ3v) is 1.59. The molecule has 2 atom stereocenters. The van der Waals surface area contributed by atoms with E-state index in [0.29, 0.717) is 5.57 Å². The van der Waals surface area contributed by atoms with E-state index >= 15 is 0 Å². The molecule has 0 spiro atoms. The summed E-state index contributed by atoms with van der Waals surface area (Å²) in [6.07, 6.45) is -1.37. The van der Waals surface area contributed by atoms with Gasteiger partial charge in [0.1, 0.15) is 6.10 Å². The summed E-state index contributed by atoms with van der Waals surface area (Å²) >= 11 is 0. The van der Waals surface area contributed by atoms with Gasteiger partial charge in [-0.05, 0) is 18.4 Å². The van der Waals surface area contributed by atoms with E-state index in [1.807, 2.05) is 13.8 Å². The number of aliphatic hydroxyl groups is 1. The summed E-state index contributed by atoms with van der Waals surface area (Å²) in [7, 11) is 0. The molecular formula is C8H16O3. The Balaban J connectivity index is 4.14. The first kappa shape index (κ1) is 10.6. The fourth-order valence-electron chi connectivity index (χ4n) is 0.793. The van der Waals surface area contributed by atoms with Crippen molar-refractivity contribution in [2.24, 2.45) is 5.92 Å². The highest BCUT2D eigenvalue weighted by Gasteiger charge is 2.23. The van der Waals surface area contributed by atoms with E-state index in [4.69, 9.17) is 5.26 Å². The highest BCUT2D eigenvalue weighted by Crippen LogP contribution is 2.14. The van der Waals surface area contributed by atoms with Crippen LogP contribution in [-0.4, -0.2) is 22.6 Å². The third kappa shape index (κ3) is 3.01. The zero-order valence-corrected chi connectivity index (χ0v) is 7.24. The van der Waals surface area contributed by atoms with Crippen LogP contribution in [0, 0.1) is 5.92 Å². The van der Waals surface area contributed by atoms with Crippen molar-refractivity contribution in [2.75, 3.05) is 0 Å². The Labute approximate surface area is 67.2 Å². The van der Waals surface area contributed by atoms with Gasteiger partial charge in [-0.25, -0.2) is 4.89 Å². The van der Waals surface area contributed by atoms with Crippen molar-refractivity contribution < 1.29 is 15.3 Å². The first-order chi connectivity index (χ1) is 5.00. The van der Waals surface area contributed by atoms with Crippen LogP contribution in [0.5, 0.6) is 0 Å². The molecule has 0 saturated carbocycles. The van der Waals surface area contributed by atoms with Crippen LogP contribution in [-0.2, 0) is 4.89 Å². The molecule has 0 aromatic carbocycles. The maximum Gasteiger partial charge on any atom is 0.139 e. The highest BCUT2D eigenvalue weighted by atomic mass is 17.1. The molecule has 0 aliphatic rings. The Bertz CT molecular complexity index is 131. The topological polar surface area (TPSA) is 49.7 Å². The van der Waals surface area contributed by atoms with Gasteiger partial charge in [0.05, 0.1) is 6.10 Å². The van der Waals surface area contributed by atoms with Gasteiger partial charge in [0.2, 0.25) is 0 Å². The minimum atomic E-state index is -0.697. The molecule has 0 aliphatic heterocycles. The minimum absolute atomic E-state index is 0.0452. The molecular weight excluding hydrogens is 144 g/mol. The van der Waals surface area contributed by atoms with E-state index in [0.717, 1.165) is 0 Å². The van der Waals surface area contributed by atoms with Crippen LogP contribution in [0.25, 0.3) is 0 Å². The zero-order chi connectivity index (χ0) is 9.02. The zero-order valence-electron chi connectivity index (χ0n) is 7.24. The van der Waals surface area contributed by atoms with Gasteiger partial charge in [0.15, 0.2) is 0 Å². The molecule has 0 bridgehead atoms. The predicted octanol–water partition coefficient (Wildman–Crippen LogP) is 1.44. The second kappa shape index (κ2) is 4.49. The number of hydrogen-bond acceptors (Lipinski definition) is 3. The van der Waals surface area contributed by atoms with Gasteiger partial charge in [0.25, 0.3) is 0 Å². The SMILES string of the molecule is C=C(C)[C@H](OO)[C@@H](O)C(C)C. The van der Waals surface area contributed by atoms with E-state index in [1.54, 1.807) is 6.92 Å². The van der Waals surface area contributed by atoms with E-state index in [1.165, 1.54) is 0 Å². The third-order valence-electron chi connectivity index (χ3n) is 1.59. The average Bonchev–Trinajstić information content (AvgIpc) is 1.88. The normalized spacial score (nSPS) is 16.5. The molecule has 0 heterocycles. The maximum absolute atomic E-state index is 9.41. The van der Waals surface area contributed by atoms with E-state index in [-0.39, 0.29) is 5.92 Å². The molecule has 0 aromatic heterocycles. The van der Waals surface area contributed by atoms with Crippen LogP contribution in [0.4, 0.5) is 0 Å². The van der Waals surface area contributed by atoms with Gasteiger partial charge in [0, 0.05) is 0 Å². The van der Waals surface area contributed by atoms with Crippen LogP contribution < -0.4 is 0 Å². The van der Waals surface area contributed by atoms with Crippen molar-refractivity contribution in [3.63, 3.8) is 0 Å². The van der Waals surface area contributed by atoms with Crippen molar-refractivity contribution in [2.45, 2.75) is 33.0 Å². The lowest BCUT2D eigenvalue weighted by atomic mass is 9.98. The number of aliphatic hydroxyl groups excluding tert-OH is 1. The van der Waals surface area contributed by atoms with Crippen LogP contribution in [0.1, 0.15) is 20.8 Å². The fourth-order valence-corrected chi connectivity index (χ4v) is 0.793. The molecule has 0 radical (unpaired) electrons. The lowest BCUT2D eigenvalue weighted by Crippen LogP contribution is -2.33. The summed E-state index contributed by atoms with van der Waals surface area (Å²) in [5.74, 6) is 0.0452. The standard InChI is InChI=1S/C8H16O3/c1-5(2)7(9)8(11-10)6(3)4/h5,7-10H,3H2,1-2,4H3/t7-,8-/m0/s1. The molecule has 0 aliphatic carbocycles. The van der Waals surface area contributed by atoms with Gasteiger partial charge in [-0.15, -0.1) is 0 Å². The summed E-state index contributed by atoms with van der Waals surface area (Å²) in [4.78, 5) is 4.09. The minimum Gasteiger partial charge on any atom is -0.390 e. The van der Waals surface area contributed by atoms with Gasteiger partial charge >= 0.3 is 0 Å². The molecule has 0 amide bonds. The highest BCUT2D eigenvalue weighted by molar-refractivity contribution is 5.01. The smallest absolute Gasteiger partial charge is 0.139 e. The molecule has 3 nitrogen and oxygen atoms in total.